The Kier molecular flexibility index (Phi) is 5.19. The summed E-state index contributed by atoms with van der Waals surface area (Å²) in [6.45, 7) is 0. The van der Waals surface area contributed by atoms with Gasteiger partial charge in [0.25, 0.3) is 0 Å². The second-order valence-corrected chi connectivity index (χ2v) is 7.93. The van der Waals surface area contributed by atoms with Gasteiger partial charge in [0.15, 0.2) is 5.82 Å². The molecule has 0 bridgehead atoms. The Morgan fingerprint density at radius 2 is 1.97 bits per heavy atom. The lowest BCUT2D eigenvalue weighted by Crippen LogP contribution is -1.97. The van der Waals surface area contributed by atoms with Gasteiger partial charge >= 0.3 is 0 Å². The van der Waals surface area contributed by atoms with Crippen molar-refractivity contribution in [3.05, 3.63) is 77.0 Å². The molecule has 3 aromatic heterocycles. The van der Waals surface area contributed by atoms with Gasteiger partial charge in [0.1, 0.15) is 22.1 Å². The number of ether oxygens (including phenoxy) is 1. The first-order chi connectivity index (χ1) is 15.2. The lowest BCUT2D eigenvalue weighted by Gasteiger charge is -2.06. The Labute approximate surface area is 187 Å². The van der Waals surface area contributed by atoms with E-state index >= 15 is 0 Å². The number of nitrogens with zero attached hydrogens (tertiary/aromatic N) is 4. The summed E-state index contributed by atoms with van der Waals surface area (Å²) in [7, 11) is 1.63. The third-order valence-electron chi connectivity index (χ3n) is 4.83. The summed E-state index contributed by atoms with van der Waals surface area (Å²) < 4.78 is 5.29. The second-order valence-electron chi connectivity index (χ2n) is 6.71. The number of methoxy groups -OCH3 is 1. The average molecular weight is 446 g/mol. The molecular weight excluding hydrogens is 430 g/mol. The van der Waals surface area contributed by atoms with Crippen molar-refractivity contribution in [3.63, 3.8) is 0 Å². The van der Waals surface area contributed by atoms with Gasteiger partial charge in [-0.3, -0.25) is 5.43 Å². The van der Waals surface area contributed by atoms with Crippen LogP contribution in [-0.4, -0.2) is 28.3 Å². The number of rotatable bonds is 5. The topological polar surface area (TPSA) is 72.3 Å². The van der Waals surface area contributed by atoms with Crippen molar-refractivity contribution >= 4 is 56.1 Å². The van der Waals surface area contributed by atoms with Crippen molar-refractivity contribution in [1.29, 1.82) is 0 Å². The molecule has 0 radical (unpaired) electrons. The molecule has 0 fully saturated rings. The molecule has 3 heterocycles. The van der Waals surface area contributed by atoms with Crippen LogP contribution in [0.5, 0.6) is 5.75 Å². The number of halogens is 1. The number of nitrogens with one attached hydrogen (secondary N) is 1. The lowest BCUT2D eigenvalue weighted by molar-refractivity contribution is 0.415. The van der Waals surface area contributed by atoms with Gasteiger partial charge < -0.3 is 4.74 Å². The number of anilines is 1. The maximum atomic E-state index is 6.36. The highest BCUT2D eigenvalue weighted by Gasteiger charge is 2.12. The van der Waals surface area contributed by atoms with Crippen LogP contribution in [0.15, 0.2) is 71.4 Å². The maximum Gasteiger partial charge on any atom is 0.159 e. The molecule has 5 rings (SSSR count). The fourth-order valence-corrected chi connectivity index (χ4v) is 4.43. The van der Waals surface area contributed by atoms with Crippen LogP contribution in [0, 0.1) is 0 Å². The van der Waals surface area contributed by atoms with E-state index in [1.54, 1.807) is 24.7 Å². The third-order valence-corrected chi connectivity index (χ3v) is 6.02. The normalized spacial score (nSPS) is 11.4. The monoisotopic (exact) mass is 445 g/mol. The summed E-state index contributed by atoms with van der Waals surface area (Å²) in [4.78, 5) is 14.1. The van der Waals surface area contributed by atoms with Crippen LogP contribution in [0.3, 0.4) is 0 Å². The van der Waals surface area contributed by atoms with E-state index in [0.29, 0.717) is 16.5 Å². The molecule has 0 unspecified atom stereocenters. The van der Waals surface area contributed by atoms with Crippen LogP contribution in [0.1, 0.15) is 5.56 Å². The molecule has 0 aliphatic carbocycles. The van der Waals surface area contributed by atoms with Crippen LogP contribution in [-0.2, 0) is 0 Å². The Morgan fingerprint density at radius 1 is 1.10 bits per heavy atom. The Hall–Kier alpha value is -3.55. The van der Waals surface area contributed by atoms with Crippen molar-refractivity contribution in [2.24, 2.45) is 5.10 Å². The molecule has 1 N–H and O–H groups in total. The molecule has 6 nitrogen and oxygen atoms in total. The van der Waals surface area contributed by atoms with E-state index in [0.717, 1.165) is 38.0 Å². The summed E-state index contributed by atoms with van der Waals surface area (Å²) in [6.07, 6.45) is 3.17. The van der Waals surface area contributed by atoms with Crippen molar-refractivity contribution in [3.8, 4) is 16.9 Å². The molecule has 0 aliphatic heterocycles. The second kappa shape index (κ2) is 8.29. The molecule has 2 aromatic carbocycles. The highest BCUT2D eigenvalue weighted by molar-refractivity contribution is 7.17. The number of hydrogen-bond acceptors (Lipinski definition) is 7. The number of hydrazone groups is 1. The van der Waals surface area contributed by atoms with Crippen LogP contribution in [0.2, 0.25) is 5.15 Å². The summed E-state index contributed by atoms with van der Waals surface area (Å²) in [6, 6.07) is 17.7. The van der Waals surface area contributed by atoms with E-state index in [4.69, 9.17) is 16.3 Å². The fourth-order valence-electron chi connectivity index (χ4n) is 3.32. The average Bonchev–Trinajstić information content (AvgIpc) is 3.25. The standard InChI is InChI=1S/C23H16ClN5OS/c1-30-17-7-8-19-15(10-17)9-16(21(24)28-19)11-27-29-22-20-18(14-5-3-2-4-6-14)12-31-23(20)26-13-25-22/h2-13H,1H3,(H,25,26,29)/b27-11+. The first kappa shape index (κ1) is 19.4. The zero-order valence-electron chi connectivity index (χ0n) is 16.4. The zero-order chi connectivity index (χ0) is 21.2. The number of pyridine rings is 1. The lowest BCUT2D eigenvalue weighted by atomic mass is 10.1. The molecule has 0 atom stereocenters. The number of fused-ring (bicyclic) bond motifs is 2. The highest BCUT2D eigenvalue weighted by atomic mass is 35.5. The number of benzene rings is 2. The van der Waals surface area contributed by atoms with Crippen LogP contribution in [0.4, 0.5) is 5.82 Å². The first-order valence-electron chi connectivity index (χ1n) is 9.44. The van der Waals surface area contributed by atoms with Gasteiger partial charge in [0, 0.05) is 21.9 Å². The molecule has 0 aliphatic rings. The highest BCUT2D eigenvalue weighted by Crippen LogP contribution is 2.36. The van der Waals surface area contributed by atoms with Gasteiger partial charge in [-0.25, -0.2) is 15.0 Å². The van der Waals surface area contributed by atoms with Gasteiger partial charge in [0.2, 0.25) is 0 Å². The molecule has 0 saturated carbocycles. The Morgan fingerprint density at radius 3 is 2.81 bits per heavy atom. The van der Waals surface area contributed by atoms with E-state index < -0.39 is 0 Å². The minimum absolute atomic E-state index is 0.372. The predicted molar refractivity (Wildman–Crippen MR) is 127 cm³/mol. The van der Waals surface area contributed by atoms with Crippen LogP contribution in [0.25, 0.3) is 32.2 Å². The van der Waals surface area contributed by atoms with Crippen LogP contribution < -0.4 is 10.2 Å². The molecule has 8 heteroatoms. The van der Waals surface area contributed by atoms with Crippen molar-refractivity contribution < 1.29 is 4.74 Å². The SMILES string of the molecule is COc1ccc2nc(Cl)c(/C=N/Nc3ncnc4scc(-c5ccccc5)c34)cc2c1. The van der Waals surface area contributed by atoms with Gasteiger partial charge in [0.05, 0.1) is 24.2 Å². The number of hydrogen-bond donors (Lipinski definition) is 1. The minimum Gasteiger partial charge on any atom is -0.497 e. The molecule has 152 valence electrons. The van der Waals surface area contributed by atoms with E-state index in [1.165, 1.54) is 6.33 Å². The quantitative estimate of drug-likeness (QED) is 0.203. The third kappa shape index (κ3) is 3.81. The summed E-state index contributed by atoms with van der Waals surface area (Å²) in [5.41, 5.74) is 6.69. The van der Waals surface area contributed by atoms with Crippen molar-refractivity contribution in [2.75, 3.05) is 12.5 Å². The van der Waals surface area contributed by atoms with Gasteiger partial charge in [-0.2, -0.15) is 5.10 Å². The van der Waals surface area contributed by atoms with E-state index in [1.807, 2.05) is 42.5 Å². The van der Waals surface area contributed by atoms with Gasteiger partial charge in [-0.1, -0.05) is 41.9 Å². The molecule has 0 saturated heterocycles. The molecule has 31 heavy (non-hydrogen) atoms. The van der Waals surface area contributed by atoms with Gasteiger partial charge in [-0.05, 0) is 29.8 Å². The van der Waals surface area contributed by atoms with E-state index in [2.05, 4.69) is 43.0 Å². The van der Waals surface area contributed by atoms with E-state index in [9.17, 15) is 0 Å². The maximum absolute atomic E-state index is 6.36. The van der Waals surface area contributed by atoms with Crippen molar-refractivity contribution in [1.82, 2.24) is 15.0 Å². The summed E-state index contributed by atoms with van der Waals surface area (Å²) >= 11 is 7.93. The predicted octanol–water partition coefficient (Wildman–Crippen LogP) is 6.01. The fraction of sp³-hybridized carbons (Fsp3) is 0.0435. The molecule has 5 aromatic rings. The zero-order valence-corrected chi connectivity index (χ0v) is 18.0. The minimum atomic E-state index is 0.372. The summed E-state index contributed by atoms with van der Waals surface area (Å²) in [5, 5.41) is 8.68. The Balaban J connectivity index is 1.49. The largest absolute Gasteiger partial charge is 0.497 e. The number of thiophene rings is 1. The Bertz CT molecular complexity index is 1420. The smallest absolute Gasteiger partial charge is 0.159 e. The van der Waals surface area contributed by atoms with Crippen molar-refractivity contribution in [2.45, 2.75) is 0 Å². The molecular formula is C23H16ClN5OS. The van der Waals surface area contributed by atoms with E-state index in [-0.39, 0.29) is 0 Å². The summed E-state index contributed by atoms with van der Waals surface area (Å²) in [5.74, 6) is 1.39. The van der Waals surface area contributed by atoms with Gasteiger partial charge in [-0.15, -0.1) is 11.3 Å². The first-order valence-corrected chi connectivity index (χ1v) is 10.7. The van der Waals surface area contributed by atoms with Crippen LogP contribution >= 0.6 is 22.9 Å². The molecule has 0 spiro atoms. The number of aromatic nitrogens is 3. The molecule has 0 amide bonds.